The van der Waals surface area contributed by atoms with Crippen LogP contribution in [0.1, 0.15) is 37.7 Å². The van der Waals surface area contributed by atoms with E-state index in [1.807, 2.05) is 27.8 Å². The summed E-state index contributed by atoms with van der Waals surface area (Å²) in [4.78, 5) is 8.44. The van der Waals surface area contributed by atoms with Gasteiger partial charge in [-0.3, -0.25) is 9.67 Å². The van der Waals surface area contributed by atoms with Crippen molar-refractivity contribution in [3.8, 4) is 5.75 Å². The lowest BCUT2D eigenvalue weighted by atomic mass is 10.1. The summed E-state index contributed by atoms with van der Waals surface area (Å²) in [6.45, 7) is 9.38. The van der Waals surface area contributed by atoms with Crippen molar-refractivity contribution >= 4 is 5.96 Å². The number of aliphatic imine (C=N–C) groups is 1. The minimum atomic E-state index is -0.242. The van der Waals surface area contributed by atoms with E-state index in [1.54, 1.807) is 11.7 Å². The molecule has 0 radical (unpaired) electrons. The highest BCUT2D eigenvalue weighted by molar-refractivity contribution is 5.79. The molecule has 0 atom stereocenters. The molecule has 7 heteroatoms. The molecule has 136 valence electrons. The van der Waals surface area contributed by atoms with E-state index < -0.39 is 0 Å². The Labute approximate surface area is 149 Å². The van der Waals surface area contributed by atoms with Crippen molar-refractivity contribution in [3.63, 3.8) is 0 Å². The van der Waals surface area contributed by atoms with Gasteiger partial charge in [-0.2, -0.15) is 5.10 Å². The zero-order valence-electron chi connectivity index (χ0n) is 15.9. The Hall–Kier alpha value is -2.57. The fourth-order valence-electron chi connectivity index (χ4n) is 2.28. The number of hydrogen-bond donors (Lipinski definition) is 2. The maximum absolute atomic E-state index is 6.09. The standard InChI is InChI=1S/C18H28N6O/c1-13-7-8-14(15(9-13)25-18(2,3)4)10-20-17(19-5)21-11-16-22-12-23-24(16)6/h7-9,12H,10-11H2,1-6H3,(H2,19,20,21). The second-order valence-electron chi connectivity index (χ2n) is 6.90. The van der Waals surface area contributed by atoms with Gasteiger partial charge in [0.25, 0.3) is 0 Å². The van der Waals surface area contributed by atoms with Crippen LogP contribution < -0.4 is 15.4 Å². The molecule has 0 saturated heterocycles. The van der Waals surface area contributed by atoms with Crippen LogP contribution >= 0.6 is 0 Å². The van der Waals surface area contributed by atoms with Gasteiger partial charge in [0.2, 0.25) is 0 Å². The van der Waals surface area contributed by atoms with Crippen LogP contribution in [0.25, 0.3) is 0 Å². The van der Waals surface area contributed by atoms with E-state index in [9.17, 15) is 0 Å². The number of nitrogens with one attached hydrogen (secondary N) is 2. The molecule has 0 saturated carbocycles. The van der Waals surface area contributed by atoms with Gasteiger partial charge in [-0.25, -0.2) is 4.98 Å². The number of aryl methyl sites for hydroxylation is 2. The lowest BCUT2D eigenvalue weighted by molar-refractivity contribution is 0.129. The van der Waals surface area contributed by atoms with Crippen molar-refractivity contribution in [2.75, 3.05) is 7.05 Å². The number of hydrogen-bond acceptors (Lipinski definition) is 4. The van der Waals surface area contributed by atoms with Gasteiger partial charge in [-0.15, -0.1) is 0 Å². The van der Waals surface area contributed by atoms with Crippen LogP contribution in [0.2, 0.25) is 0 Å². The van der Waals surface area contributed by atoms with E-state index >= 15 is 0 Å². The van der Waals surface area contributed by atoms with Crippen LogP contribution in [-0.4, -0.2) is 33.4 Å². The fourth-order valence-corrected chi connectivity index (χ4v) is 2.28. The van der Waals surface area contributed by atoms with Crippen LogP contribution in [0, 0.1) is 6.92 Å². The Morgan fingerprint density at radius 3 is 2.56 bits per heavy atom. The van der Waals surface area contributed by atoms with E-state index in [0.717, 1.165) is 17.1 Å². The molecule has 1 heterocycles. The topological polar surface area (TPSA) is 76.4 Å². The zero-order valence-corrected chi connectivity index (χ0v) is 15.9. The highest BCUT2D eigenvalue weighted by Crippen LogP contribution is 2.24. The minimum absolute atomic E-state index is 0.242. The summed E-state index contributed by atoms with van der Waals surface area (Å²) in [7, 11) is 3.61. The number of benzene rings is 1. The molecular formula is C18H28N6O. The fraction of sp³-hybridized carbons (Fsp3) is 0.500. The first-order valence-electron chi connectivity index (χ1n) is 8.34. The summed E-state index contributed by atoms with van der Waals surface area (Å²) < 4.78 is 7.82. The molecule has 0 spiro atoms. The Morgan fingerprint density at radius 2 is 1.96 bits per heavy atom. The van der Waals surface area contributed by atoms with E-state index in [2.05, 4.69) is 50.8 Å². The zero-order chi connectivity index (χ0) is 18.4. The smallest absolute Gasteiger partial charge is 0.191 e. The van der Waals surface area contributed by atoms with Gasteiger partial charge in [0.05, 0.1) is 6.54 Å². The molecule has 0 unspecified atom stereocenters. The lowest BCUT2D eigenvalue weighted by Crippen LogP contribution is -2.37. The van der Waals surface area contributed by atoms with E-state index in [-0.39, 0.29) is 5.60 Å². The lowest BCUT2D eigenvalue weighted by Gasteiger charge is -2.24. The Balaban J connectivity index is 2.00. The Morgan fingerprint density at radius 1 is 1.24 bits per heavy atom. The van der Waals surface area contributed by atoms with Crippen molar-refractivity contribution in [3.05, 3.63) is 41.5 Å². The van der Waals surface area contributed by atoms with Gasteiger partial charge in [-0.05, 0) is 39.3 Å². The van der Waals surface area contributed by atoms with Crippen molar-refractivity contribution in [1.29, 1.82) is 0 Å². The summed E-state index contributed by atoms with van der Waals surface area (Å²) >= 11 is 0. The summed E-state index contributed by atoms with van der Waals surface area (Å²) in [5.74, 6) is 2.43. The molecule has 2 rings (SSSR count). The predicted octanol–water partition coefficient (Wildman–Crippen LogP) is 2.17. The van der Waals surface area contributed by atoms with Gasteiger partial charge >= 0.3 is 0 Å². The molecule has 2 N–H and O–H groups in total. The van der Waals surface area contributed by atoms with E-state index in [0.29, 0.717) is 19.0 Å². The van der Waals surface area contributed by atoms with Gasteiger partial charge < -0.3 is 15.4 Å². The quantitative estimate of drug-likeness (QED) is 0.642. The first kappa shape index (κ1) is 18.8. The highest BCUT2D eigenvalue weighted by atomic mass is 16.5. The van der Waals surface area contributed by atoms with Gasteiger partial charge in [0, 0.05) is 26.2 Å². The average Bonchev–Trinajstić information content (AvgIpc) is 2.93. The molecule has 25 heavy (non-hydrogen) atoms. The number of guanidine groups is 1. The third-order valence-electron chi connectivity index (χ3n) is 3.53. The number of rotatable bonds is 5. The van der Waals surface area contributed by atoms with Crippen molar-refractivity contribution in [2.45, 2.75) is 46.4 Å². The molecule has 0 aliphatic heterocycles. The normalized spacial score (nSPS) is 12.2. The average molecular weight is 344 g/mol. The van der Waals surface area contributed by atoms with Crippen LogP contribution in [0.4, 0.5) is 0 Å². The highest BCUT2D eigenvalue weighted by Gasteiger charge is 2.15. The van der Waals surface area contributed by atoms with Crippen molar-refractivity contribution in [1.82, 2.24) is 25.4 Å². The number of nitrogens with zero attached hydrogens (tertiary/aromatic N) is 4. The third kappa shape index (κ3) is 5.77. The molecule has 1 aromatic heterocycles. The van der Waals surface area contributed by atoms with Crippen LogP contribution in [-0.2, 0) is 20.1 Å². The predicted molar refractivity (Wildman–Crippen MR) is 99.6 cm³/mol. The summed E-state index contributed by atoms with van der Waals surface area (Å²) in [5, 5.41) is 10.6. The SMILES string of the molecule is CN=C(NCc1ccc(C)cc1OC(C)(C)C)NCc1ncnn1C. The first-order valence-corrected chi connectivity index (χ1v) is 8.34. The van der Waals surface area contributed by atoms with E-state index in [1.165, 1.54) is 11.9 Å². The second-order valence-corrected chi connectivity index (χ2v) is 6.90. The first-order chi connectivity index (χ1) is 11.8. The summed E-state index contributed by atoms with van der Waals surface area (Å²) in [6.07, 6.45) is 1.54. The number of aromatic nitrogens is 3. The van der Waals surface area contributed by atoms with Gasteiger partial charge in [0.1, 0.15) is 23.5 Å². The second kappa shape index (κ2) is 8.00. The van der Waals surface area contributed by atoms with Crippen LogP contribution in [0.5, 0.6) is 5.75 Å². The van der Waals surface area contributed by atoms with Crippen LogP contribution in [0.3, 0.4) is 0 Å². The van der Waals surface area contributed by atoms with Gasteiger partial charge in [0.15, 0.2) is 5.96 Å². The van der Waals surface area contributed by atoms with Crippen molar-refractivity contribution < 1.29 is 4.74 Å². The maximum Gasteiger partial charge on any atom is 0.191 e. The molecule has 1 aromatic carbocycles. The van der Waals surface area contributed by atoms with E-state index in [4.69, 9.17) is 4.74 Å². The Bertz CT molecular complexity index is 729. The molecule has 0 aliphatic carbocycles. The van der Waals surface area contributed by atoms with Crippen LogP contribution in [0.15, 0.2) is 29.5 Å². The van der Waals surface area contributed by atoms with Crippen molar-refractivity contribution in [2.24, 2.45) is 12.0 Å². The maximum atomic E-state index is 6.09. The third-order valence-corrected chi connectivity index (χ3v) is 3.53. The molecule has 0 fully saturated rings. The summed E-state index contributed by atoms with van der Waals surface area (Å²) in [5.41, 5.74) is 2.02. The largest absolute Gasteiger partial charge is 0.488 e. The minimum Gasteiger partial charge on any atom is -0.488 e. The number of ether oxygens (including phenoxy) is 1. The molecule has 0 aliphatic rings. The molecule has 0 amide bonds. The molecular weight excluding hydrogens is 316 g/mol. The molecule has 7 nitrogen and oxygen atoms in total. The molecule has 2 aromatic rings. The monoisotopic (exact) mass is 344 g/mol. The summed E-state index contributed by atoms with van der Waals surface area (Å²) in [6, 6.07) is 6.24. The molecule has 0 bridgehead atoms. The van der Waals surface area contributed by atoms with Gasteiger partial charge in [-0.1, -0.05) is 12.1 Å². The Kier molecular flexibility index (Phi) is 6.01.